The molecule has 1 fully saturated rings. The van der Waals surface area contributed by atoms with Gasteiger partial charge in [-0.05, 0) is 35.4 Å². The van der Waals surface area contributed by atoms with Gasteiger partial charge in [0.15, 0.2) is 0 Å². The normalized spacial score (nSPS) is 14.6. The lowest BCUT2D eigenvalue weighted by Crippen LogP contribution is -2.47. The van der Waals surface area contributed by atoms with E-state index in [9.17, 15) is 10.1 Å². The number of nitriles is 1. The molecular weight excluding hydrogens is 394 g/mol. The van der Waals surface area contributed by atoms with Crippen LogP contribution in [0.25, 0.3) is 27.3 Å². The topological polar surface area (TPSA) is 73.4 Å². The number of benzene rings is 1. The van der Waals surface area contributed by atoms with Crippen molar-refractivity contribution in [3.8, 4) is 27.8 Å². The van der Waals surface area contributed by atoms with E-state index in [0.717, 1.165) is 39.6 Å². The van der Waals surface area contributed by atoms with Crippen LogP contribution < -0.4 is 5.32 Å². The Morgan fingerprint density at radius 3 is 2.73 bits per heavy atom. The number of carbonyl (C=O) groups is 1. The van der Waals surface area contributed by atoms with Crippen molar-refractivity contribution in [3.05, 3.63) is 71.4 Å². The van der Waals surface area contributed by atoms with E-state index in [1.54, 1.807) is 0 Å². The molecule has 1 aliphatic heterocycles. The van der Waals surface area contributed by atoms with E-state index >= 15 is 0 Å². The fourth-order valence-electron chi connectivity index (χ4n) is 3.81. The molecule has 0 atom stereocenters. The van der Waals surface area contributed by atoms with Gasteiger partial charge in [0.1, 0.15) is 22.3 Å². The summed E-state index contributed by atoms with van der Waals surface area (Å²) in [4.78, 5) is 20.5. The first-order chi connectivity index (χ1) is 14.7. The number of nitrogens with one attached hydrogen (secondary N) is 1. The van der Waals surface area contributed by atoms with Gasteiger partial charge in [0.25, 0.3) is 0 Å². The zero-order valence-electron chi connectivity index (χ0n) is 16.2. The molecule has 1 saturated heterocycles. The second-order valence-corrected chi connectivity index (χ2v) is 8.34. The van der Waals surface area contributed by atoms with Gasteiger partial charge in [0, 0.05) is 25.8 Å². The summed E-state index contributed by atoms with van der Waals surface area (Å²) in [6.45, 7) is 2.43. The number of hydrogen-bond donors (Lipinski definition) is 1. The van der Waals surface area contributed by atoms with Crippen LogP contribution >= 0.6 is 11.3 Å². The minimum Gasteiger partial charge on any atom is -0.354 e. The molecule has 30 heavy (non-hydrogen) atoms. The fraction of sp³-hybridized carbons (Fsp3) is 0.174. The standard InChI is InChI=1S/C23H19N5OS/c24-12-18-7-8-20(30-18)23-19(14-27-11-10-25-22(29)15-27)28-13-17(6-9-21(28)26-23)16-4-2-1-3-5-16/h1-9,13H,10-11,14-15H2,(H,25,29). The van der Waals surface area contributed by atoms with E-state index in [0.29, 0.717) is 24.5 Å². The average Bonchev–Trinajstić information content (AvgIpc) is 3.39. The van der Waals surface area contributed by atoms with Crippen LogP contribution in [-0.2, 0) is 11.3 Å². The molecule has 0 saturated carbocycles. The molecule has 4 aromatic rings. The first-order valence-electron chi connectivity index (χ1n) is 9.77. The average molecular weight is 414 g/mol. The Labute approximate surface area is 178 Å². The van der Waals surface area contributed by atoms with Crippen molar-refractivity contribution < 1.29 is 4.79 Å². The number of amides is 1. The largest absolute Gasteiger partial charge is 0.354 e. The van der Waals surface area contributed by atoms with Crippen molar-refractivity contribution in [3.63, 3.8) is 0 Å². The van der Waals surface area contributed by atoms with Gasteiger partial charge in [0.05, 0.1) is 17.1 Å². The summed E-state index contributed by atoms with van der Waals surface area (Å²) < 4.78 is 2.12. The molecular formula is C23H19N5OS. The highest BCUT2D eigenvalue weighted by Gasteiger charge is 2.22. The van der Waals surface area contributed by atoms with Gasteiger partial charge in [-0.2, -0.15) is 5.26 Å². The zero-order chi connectivity index (χ0) is 20.5. The highest BCUT2D eigenvalue weighted by molar-refractivity contribution is 7.16. The van der Waals surface area contributed by atoms with Crippen molar-refractivity contribution in [1.29, 1.82) is 5.26 Å². The Bertz CT molecular complexity index is 1270. The van der Waals surface area contributed by atoms with Gasteiger partial charge in [-0.15, -0.1) is 11.3 Å². The molecule has 3 aromatic heterocycles. The van der Waals surface area contributed by atoms with Gasteiger partial charge < -0.3 is 9.72 Å². The van der Waals surface area contributed by atoms with Crippen LogP contribution in [0.4, 0.5) is 0 Å². The van der Waals surface area contributed by atoms with E-state index < -0.39 is 0 Å². The summed E-state index contributed by atoms with van der Waals surface area (Å²) in [5.74, 6) is 0.0458. The minimum atomic E-state index is 0.0458. The number of fused-ring (bicyclic) bond motifs is 1. The third-order valence-corrected chi connectivity index (χ3v) is 6.26. The molecule has 1 aromatic carbocycles. The van der Waals surface area contributed by atoms with Gasteiger partial charge in [-0.3, -0.25) is 9.69 Å². The van der Waals surface area contributed by atoms with E-state index in [2.05, 4.69) is 45.1 Å². The lowest BCUT2D eigenvalue weighted by Gasteiger charge is -2.26. The molecule has 1 amide bonds. The predicted molar refractivity (Wildman–Crippen MR) is 117 cm³/mol. The number of aromatic nitrogens is 2. The zero-order valence-corrected chi connectivity index (χ0v) is 17.0. The predicted octanol–water partition coefficient (Wildman–Crippen LogP) is 3.53. The lowest BCUT2D eigenvalue weighted by molar-refractivity contribution is -0.124. The third-order valence-electron chi connectivity index (χ3n) is 5.26. The molecule has 6 nitrogen and oxygen atoms in total. The Kier molecular flexibility index (Phi) is 4.79. The number of nitrogens with zero attached hydrogens (tertiary/aromatic N) is 4. The Hall–Kier alpha value is -3.47. The van der Waals surface area contributed by atoms with E-state index in [1.165, 1.54) is 11.3 Å². The van der Waals surface area contributed by atoms with Crippen LogP contribution in [-0.4, -0.2) is 39.8 Å². The number of piperazine rings is 1. The quantitative estimate of drug-likeness (QED) is 0.555. The van der Waals surface area contributed by atoms with E-state index in [-0.39, 0.29) is 5.91 Å². The van der Waals surface area contributed by atoms with Crippen LogP contribution in [0.15, 0.2) is 60.8 Å². The molecule has 1 N–H and O–H groups in total. The maximum atomic E-state index is 11.9. The minimum absolute atomic E-state index is 0.0458. The molecule has 148 valence electrons. The number of thiophene rings is 1. The third kappa shape index (κ3) is 3.47. The van der Waals surface area contributed by atoms with Crippen LogP contribution in [0.3, 0.4) is 0 Å². The van der Waals surface area contributed by atoms with Crippen LogP contribution in [0, 0.1) is 11.3 Å². The highest BCUT2D eigenvalue weighted by atomic mass is 32.1. The lowest BCUT2D eigenvalue weighted by atomic mass is 10.1. The highest BCUT2D eigenvalue weighted by Crippen LogP contribution is 2.32. The number of pyridine rings is 1. The van der Waals surface area contributed by atoms with Crippen molar-refractivity contribution in [1.82, 2.24) is 19.6 Å². The summed E-state index contributed by atoms with van der Waals surface area (Å²) in [7, 11) is 0. The molecule has 7 heteroatoms. The van der Waals surface area contributed by atoms with E-state index in [4.69, 9.17) is 4.98 Å². The van der Waals surface area contributed by atoms with Gasteiger partial charge in [0.2, 0.25) is 5.91 Å². The maximum absolute atomic E-state index is 11.9. The Balaban J connectivity index is 1.64. The Morgan fingerprint density at radius 2 is 1.97 bits per heavy atom. The number of hydrogen-bond acceptors (Lipinski definition) is 5. The van der Waals surface area contributed by atoms with Gasteiger partial charge in [-0.25, -0.2) is 4.98 Å². The first-order valence-corrected chi connectivity index (χ1v) is 10.6. The van der Waals surface area contributed by atoms with Crippen LogP contribution in [0.5, 0.6) is 0 Å². The number of rotatable bonds is 4. The summed E-state index contributed by atoms with van der Waals surface area (Å²) in [5, 5.41) is 12.1. The molecule has 0 radical (unpaired) electrons. The monoisotopic (exact) mass is 413 g/mol. The first kappa shape index (κ1) is 18.6. The molecule has 4 heterocycles. The smallest absolute Gasteiger partial charge is 0.234 e. The van der Waals surface area contributed by atoms with Gasteiger partial charge in [-0.1, -0.05) is 30.3 Å². The summed E-state index contributed by atoms with van der Waals surface area (Å²) in [6, 6.07) is 20.3. The van der Waals surface area contributed by atoms with E-state index in [1.807, 2.05) is 36.4 Å². The molecule has 0 aliphatic carbocycles. The number of imidazole rings is 1. The Morgan fingerprint density at radius 1 is 1.10 bits per heavy atom. The van der Waals surface area contributed by atoms with Crippen LogP contribution in [0.1, 0.15) is 10.6 Å². The molecule has 0 bridgehead atoms. The molecule has 5 rings (SSSR count). The molecule has 0 spiro atoms. The van der Waals surface area contributed by atoms with Gasteiger partial charge >= 0.3 is 0 Å². The fourth-order valence-corrected chi connectivity index (χ4v) is 4.62. The van der Waals surface area contributed by atoms with Crippen molar-refractivity contribution in [2.75, 3.05) is 19.6 Å². The second kappa shape index (κ2) is 7.75. The molecule has 0 unspecified atom stereocenters. The summed E-state index contributed by atoms with van der Waals surface area (Å²) in [6.07, 6.45) is 2.11. The van der Waals surface area contributed by atoms with Crippen molar-refractivity contribution >= 4 is 22.9 Å². The molecule has 1 aliphatic rings. The van der Waals surface area contributed by atoms with Crippen molar-refractivity contribution in [2.24, 2.45) is 0 Å². The maximum Gasteiger partial charge on any atom is 0.234 e. The van der Waals surface area contributed by atoms with Crippen LogP contribution in [0.2, 0.25) is 0 Å². The van der Waals surface area contributed by atoms with Crippen molar-refractivity contribution in [2.45, 2.75) is 6.54 Å². The summed E-state index contributed by atoms with van der Waals surface area (Å²) in [5.41, 5.74) is 5.00. The second-order valence-electron chi connectivity index (χ2n) is 7.26. The summed E-state index contributed by atoms with van der Waals surface area (Å²) >= 11 is 1.44. The number of carbonyl (C=O) groups excluding carboxylic acids is 1. The SMILES string of the molecule is N#Cc1ccc(-c2nc3ccc(-c4ccccc4)cn3c2CN2CCNC(=O)C2)s1.